The van der Waals surface area contributed by atoms with Gasteiger partial charge in [0.2, 0.25) is 0 Å². The van der Waals surface area contributed by atoms with Gasteiger partial charge in [-0.3, -0.25) is 0 Å². The summed E-state index contributed by atoms with van der Waals surface area (Å²) < 4.78 is 0. The molecule has 0 saturated heterocycles. The van der Waals surface area contributed by atoms with Crippen molar-refractivity contribution in [3.63, 3.8) is 0 Å². The molecule has 0 atom stereocenters. The molecule has 6 aliphatic carbocycles. The second kappa shape index (κ2) is 12.6. The molecule has 58 heavy (non-hydrogen) atoms. The lowest BCUT2D eigenvalue weighted by atomic mass is 9.42. The standard InChI is InChI=1S/C56H63NS/c1-52(2)25-27-54(5,6)49-43(52)18-13-21-46(49)57(47-22-14-19-44-50(47)55(7,8)28-26-53(44,3)4)40-23-24-42-48(34-40)58-51-41(37-15-10-9-11-16-37)17-12-20-45(51)56(42)38-30-35-29-36(32-38)33-39(56)31-35/h9-24,34-36,38-39H,25-33H2,1-8H3. The predicted octanol–water partition coefficient (Wildman–Crippen LogP) is 15.7. The Bertz CT molecular complexity index is 2350. The van der Waals surface area contributed by atoms with E-state index in [0.29, 0.717) is 11.8 Å². The maximum absolute atomic E-state index is 2.76. The van der Waals surface area contributed by atoms with E-state index >= 15 is 0 Å². The van der Waals surface area contributed by atoms with Crippen LogP contribution in [0.2, 0.25) is 0 Å². The van der Waals surface area contributed by atoms with Gasteiger partial charge in [0.05, 0.1) is 11.4 Å². The fourth-order valence-electron chi connectivity index (χ4n) is 14.1. The Hall–Kier alpha value is -3.75. The van der Waals surface area contributed by atoms with Crippen molar-refractivity contribution in [1.82, 2.24) is 0 Å². The van der Waals surface area contributed by atoms with Crippen molar-refractivity contribution in [3.8, 4) is 11.1 Å². The van der Waals surface area contributed by atoms with Gasteiger partial charge in [0.25, 0.3) is 0 Å². The van der Waals surface area contributed by atoms with Gasteiger partial charge in [-0.15, -0.1) is 0 Å². The van der Waals surface area contributed by atoms with Crippen LogP contribution >= 0.6 is 11.8 Å². The van der Waals surface area contributed by atoms with Crippen LogP contribution in [-0.2, 0) is 27.1 Å². The molecule has 5 aromatic rings. The molecule has 1 nitrogen and oxygen atoms in total. The van der Waals surface area contributed by atoms with E-state index in [1.54, 1.807) is 11.1 Å². The van der Waals surface area contributed by atoms with Gasteiger partial charge in [-0.05, 0) is 172 Å². The minimum atomic E-state index is 0.0558. The van der Waals surface area contributed by atoms with Crippen LogP contribution in [0.1, 0.15) is 147 Å². The second-order valence-corrected chi connectivity index (χ2v) is 23.3. The monoisotopic (exact) mass is 781 g/mol. The van der Waals surface area contributed by atoms with E-state index in [-0.39, 0.29) is 27.1 Å². The smallest absolute Gasteiger partial charge is 0.0502 e. The summed E-state index contributed by atoms with van der Waals surface area (Å²) in [6.07, 6.45) is 11.8. The Labute approximate surface area is 353 Å². The fourth-order valence-corrected chi connectivity index (χ4v) is 15.5. The number of rotatable bonds is 4. The van der Waals surface area contributed by atoms with Crippen molar-refractivity contribution in [2.45, 2.75) is 150 Å². The molecule has 0 N–H and O–H groups in total. The van der Waals surface area contributed by atoms with Crippen molar-refractivity contribution >= 4 is 28.8 Å². The summed E-state index contributed by atoms with van der Waals surface area (Å²) >= 11 is 2.07. The summed E-state index contributed by atoms with van der Waals surface area (Å²) in [4.78, 5) is 5.75. The Morgan fingerprint density at radius 2 is 1.00 bits per heavy atom. The van der Waals surface area contributed by atoms with Crippen molar-refractivity contribution in [2.75, 3.05) is 4.90 Å². The summed E-state index contributed by atoms with van der Waals surface area (Å²) in [6.45, 7) is 20.0. The van der Waals surface area contributed by atoms with Crippen molar-refractivity contribution in [1.29, 1.82) is 0 Å². The lowest BCUT2D eigenvalue weighted by Gasteiger charge is -2.63. The molecule has 0 unspecified atom stereocenters. The molecule has 12 rings (SSSR count). The molecule has 2 heteroatoms. The first kappa shape index (κ1) is 37.3. The third-order valence-electron chi connectivity index (χ3n) is 17.0. The van der Waals surface area contributed by atoms with Gasteiger partial charge in [-0.1, -0.05) is 146 Å². The van der Waals surface area contributed by atoms with Crippen LogP contribution in [0, 0.1) is 23.7 Å². The molecule has 4 bridgehead atoms. The van der Waals surface area contributed by atoms with Crippen LogP contribution in [0.5, 0.6) is 0 Å². The van der Waals surface area contributed by atoms with E-state index in [1.807, 2.05) is 0 Å². The maximum Gasteiger partial charge on any atom is 0.0502 e. The molecule has 0 amide bonds. The van der Waals surface area contributed by atoms with E-state index in [9.17, 15) is 0 Å². The van der Waals surface area contributed by atoms with Gasteiger partial charge in [-0.25, -0.2) is 0 Å². The van der Waals surface area contributed by atoms with Crippen LogP contribution < -0.4 is 4.90 Å². The molecule has 4 fully saturated rings. The Kier molecular flexibility index (Phi) is 8.12. The van der Waals surface area contributed by atoms with Gasteiger partial charge in [0.1, 0.15) is 0 Å². The van der Waals surface area contributed by atoms with Gasteiger partial charge in [0.15, 0.2) is 0 Å². The molecule has 0 aromatic heterocycles. The van der Waals surface area contributed by atoms with Gasteiger partial charge < -0.3 is 4.90 Å². The van der Waals surface area contributed by atoms with E-state index < -0.39 is 0 Å². The third-order valence-corrected chi connectivity index (χ3v) is 18.2. The summed E-state index contributed by atoms with van der Waals surface area (Å²) in [6, 6.07) is 41.1. The highest BCUT2D eigenvalue weighted by atomic mass is 32.2. The molecule has 4 saturated carbocycles. The van der Waals surface area contributed by atoms with Crippen LogP contribution in [0.3, 0.4) is 0 Å². The quantitative estimate of drug-likeness (QED) is 0.179. The van der Waals surface area contributed by atoms with E-state index in [2.05, 4.69) is 175 Å². The number of hydrogen-bond donors (Lipinski definition) is 0. The number of hydrogen-bond acceptors (Lipinski definition) is 2. The first-order valence-electron chi connectivity index (χ1n) is 22.8. The molecule has 1 spiro atoms. The molecule has 1 heterocycles. The SMILES string of the molecule is CC1(C)CCC(C)(C)c2c(N(c3ccc4c(c3)Sc3c(-c5ccccc5)cccc3C43C4CC5CC(C4)CC3C5)c3cccc4c3C(C)(C)CCC4(C)C)cccc21. The highest BCUT2D eigenvalue weighted by molar-refractivity contribution is 7.99. The largest absolute Gasteiger partial charge is 0.310 e. The van der Waals surface area contributed by atoms with E-state index in [0.717, 1.165) is 11.8 Å². The highest BCUT2D eigenvalue weighted by Gasteiger charge is 2.61. The summed E-state index contributed by atoms with van der Waals surface area (Å²) in [7, 11) is 0. The van der Waals surface area contributed by atoms with Gasteiger partial charge >= 0.3 is 0 Å². The number of anilines is 3. The lowest BCUT2D eigenvalue weighted by Crippen LogP contribution is -2.57. The Morgan fingerprint density at radius 1 is 0.483 bits per heavy atom. The lowest BCUT2D eigenvalue weighted by molar-refractivity contribution is -0.0443. The van der Waals surface area contributed by atoms with E-state index in [4.69, 9.17) is 0 Å². The fraction of sp³-hybridized carbons (Fsp3) is 0.464. The molecule has 298 valence electrons. The molecule has 1 aliphatic heterocycles. The first-order valence-corrected chi connectivity index (χ1v) is 23.6. The zero-order valence-electron chi connectivity index (χ0n) is 36.3. The Morgan fingerprint density at radius 3 is 1.57 bits per heavy atom. The minimum Gasteiger partial charge on any atom is -0.310 e. The molecular formula is C56H63NS. The number of benzene rings is 5. The zero-order chi connectivity index (χ0) is 40.0. The first-order chi connectivity index (χ1) is 27.7. The molecule has 7 aliphatic rings. The molecular weight excluding hydrogens is 719 g/mol. The second-order valence-electron chi connectivity index (χ2n) is 22.3. The van der Waals surface area contributed by atoms with Crippen molar-refractivity contribution < 1.29 is 0 Å². The molecule has 0 radical (unpaired) electrons. The number of fused-ring (bicyclic) bond motifs is 4. The normalized spacial score (nSPS) is 28.6. The van der Waals surface area contributed by atoms with Crippen LogP contribution in [-0.4, -0.2) is 0 Å². The maximum atomic E-state index is 2.76. The van der Waals surface area contributed by atoms with E-state index in [1.165, 1.54) is 118 Å². The summed E-state index contributed by atoms with van der Waals surface area (Å²) in [5.41, 5.74) is 16.6. The van der Waals surface area contributed by atoms with Gasteiger partial charge in [-0.2, -0.15) is 0 Å². The van der Waals surface area contributed by atoms with Crippen LogP contribution in [0.15, 0.2) is 113 Å². The highest BCUT2D eigenvalue weighted by Crippen LogP contribution is 2.70. The van der Waals surface area contributed by atoms with Crippen molar-refractivity contribution in [2.24, 2.45) is 23.7 Å². The minimum absolute atomic E-state index is 0.0558. The number of nitrogens with zero attached hydrogens (tertiary/aromatic N) is 1. The van der Waals surface area contributed by atoms with Crippen LogP contribution in [0.25, 0.3) is 11.1 Å². The van der Waals surface area contributed by atoms with Gasteiger partial charge in [0, 0.05) is 20.9 Å². The summed E-state index contributed by atoms with van der Waals surface area (Å²) in [5.74, 6) is 3.25. The zero-order valence-corrected chi connectivity index (χ0v) is 37.2. The average molecular weight is 782 g/mol. The Balaban J connectivity index is 1.19. The average Bonchev–Trinajstić information content (AvgIpc) is 3.20. The molecule has 5 aromatic carbocycles. The third kappa shape index (κ3) is 5.28. The predicted molar refractivity (Wildman–Crippen MR) is 246 cm³/mol. The van der Waals surface area contributed by atoms with Crippen LogP contribution in [0.4, 0.5) is 17.1 Å². The van der Waals surface area contributed by atoms with Crippen molar-refractivity contribution in [3.05, 3.63) is 137 Å². The topological polar surface area (TPSA) is 3.24 Å². The summed E-state index contributed by atoms with van der Waals surface area (Å²) in [5, 5.41) is 0.